The van der Waals surface area contributed by atoms with E-state index in [0.29, 0.717) is 10.9 Å². The summed E-state index contributed by atoms with van der Waals surface area (Å²) in [6, 6.07) is 5.16. The fourth-order valence-corrected chi connectivity index (χ4v) is 2.61. The number of aromatic hydroxyl groups is 1. The summed E-state index contributed by atoms with van der Waals surface area (Å²) in [6.07, 6.45) is 3.27. The van der Waals surface area contributed by atoms with Gasteiger partial charge in [0.1, 0.15) is 5.75 Å². The average molecular weight is 454 g/mol. The Labute approximate surface area is 185 Å². The van der Waals surface area contributed by atoms with Gasteiger partial charge in [-0.05, 0) is 29.2 Å². The van der Waals surface area contributed by atoms with Crippen LogP contribution in [0.5, 0.6) is 5.75 Å². The summed E-state index contributed by atoms with van der Waals surface area (Å²) in [5.74, 6) is 0.741. The molecule has 1 atom stereocenters. The second-order valence-electron chi connectivity index (χ2n) is 6.50. The van der Waals surface area contributed by atoms with E-state index in [2.05, 4.69) is 62.7 Å². The number of allylic oxidation sites excluding steroid dienone is 4. The van der Waals surface area contributed by atoms with E-state index < -0.39 is 0 Å². The molecule has 1 aliphatic carbocycles. The van der Waals surface area contributed by atoms with Gasteiger partial charge in [0.05, 0.1) is 0 Å². The van der Waals surface area contributed by atoms with E-state index in [1.807, 2.05) is 6.07 Å². The van der Waals surface area contributed by atoms with Gasteiger partial charge in [-0.1, -0.05) is 52.1 Å². The fraction of sp³-hybridized carbons (Fsp3) is 0.421. The molecule has 0 amide bonds. The predicted octanol–water partition coefficient (Wildman–Crippen LogP) is 5.98. The van der Waals surface area contributed by atoms with Gasteiger partial charge in [0, 0.05) is 15.3 Å². The topological polar surface area (TPSA) is 20.2 Å². The molecule has 1 N–H and O–H groups in total. The van der Waals surface area contributed by atoms with Gasteiger partial charge in [0.25, 0.3) is 0 Å². The van der Waals surface area contributed by atoms with E-state index in [0.717, 1.165) is 10.8 Å². The molecule has 1 aromatic carbocycles. The van der Waals surface area contributed by atoms with Crippen LogP contribution in [-0.4, -0.2) is 20.2 Å². The molecule has 1 aromatic rings. The second kappa shape index (κ2) is 13.4. The molecule has 25 heavy (non-hydrogen) atoms. The van der Waals surface area contributed by atoms with Gasteiger partial charge in [0.15, 0.2) is 0 Å². The minimum absolute atomic E-state index is 0. The van der Waals surface area contributed by atoms with Crippen LogP contribution in [0.3, 0.4) is 0 Å². The number of benzene rings is 1. The molecule has 0 spiro atoms. The van der Waals surface area contributed by atoms with Crippen LogP contribution < -0.4 is 0 Å². The summed E-state index contributed by atoms with van der Waals surface area (Å²) in [6.45, 7) is 12.7. The summed E-state index contributed by atoms with van der Waals surface area (Å²) in [7, 11) is 3.48. The Hall–Kier alpha value is 0.171. The Kier molecular flexibility index (Phi) is 16.0. The predicted molar refractivity (Wildman–Crippen MR) is 113 cm³/mol. The van der Waals surface area contributed by atoms with Crippen LogP contribution in [0.15, 0.2) is 34.5 Å². The van der Waals surface area contributed by atoms with Crippen molar-refractivity contribution in [2.45, 2.75) is 47.0 Å². The molecule has 2 rings (SSSR count). The maximum atomic E-state index is 9.27. The molecule has 0 saturated carbocycles. The van der Waals surface area contributed by atoms with Gasteiger partial charge in [-0.2, -0.15) is 5.57 Å². The molecule has 0 heterocycles. The number of phenolic OH excluding ortho intramolecular Hbond substituents is 1. The molecule has 0 fully saturated rings. The Balaban J connectivity index is -0.000000336. The SMILES string of the molecule is CC(C)(C)c1cc(O)cc(Cl)c1.CC1=C(C)C(C)[C-]=C1[Si].Cl.Cl.[CH2]=[Ti+]. The quantitative estimate of drug-likeness (QED) is 0.378. The van der Waals surface area contributed by atoms with Crippen molar-refractivity contribution in [2.24, 2.45) is 5.92 Å². The summed E-state index contributed by atoms with van der Waals surface area (Å²) in [4.78, 5) is 3.25. The third kappa shape index (κ3) is 10.2. The van der Waals surface area contributed by atoms with E-state index in [-0.39, 0.29) is 36.0 Å². The van der Waals surface area contributed by atoms with Crippen LogP contribution in [-0.2, 0) is 25.4 Å². The molecule has 3 radical (unpaired) electrons. The number of hydrogen-bond acceptors (Lipinski definition) is 1. The van der Waals surface area contributed by atoms with Crippen LogP contribution in [0.1, 0.15) is 47.1 Å². The summed E-state index contributed by atoms with van der Waals surface area (Å²) in [5.41, 5.74) is 3.86. The summed E-state index contributed by atoms with van der Waals surface area (Å²) < 4.78 is 0. The molecule has 6 heteroatoms. The number of hydrogen-bond donors (Lipinski definition) is 1. The molecular formula is C19H27Cl3OSiTi. The summed E-state index contributed by atoms with van der Waals surface area (Å²) in [5, 5.41) is 11.0. The number of phenols is 1. The van der Waals surface area contributed by atoms with Gasteiger partial charge in [-0.3, -0.25) is 6.08 Å². The molecule has 1 nitrogen and oxygen atoms in total. The molecule has 0 aromatic heterocycles. The zero-order valence-corrected chi connectivity index (χ0v) is 20.6. The third-order valence-corrected chi connectivity index (χ3v) is 4.46. The second-order valence-corrected chi connectivity index (χ2v) is 7.43. The van der Waals surface area contributed by atoms with Gasteiger partial charge in [-0.25, -0.2) is 10.8 Å². The number of halogens is 3. The van der Waals surface area contributed by atoms with Crippen molar-refractivity contribution in [3.05, 3.63) is 51.2 Å². The van der Waals surface area contributed by atoms with E-state index in [9.17, 15) is 5.11 Å². The van der Waals surface area contributed by atoms with Crippen molar-refractivity contribution < 1.29 is 25.1 Å². The molecule has 0 aliphatic heterocycles. The van der Waals surface area contributed by atoms with Crippen molar-refractivity contribution in [3.8, 4) is 5.75 Å². The van der Waals surface area contributed by atoms with Crippen LogP contribution in [0.25, 0.3) is 0 Å². The molecule has 0 bridgehead atoms. The zero-order chi connectivity index (χ0) is 18.4. The zero-order valence-electron chi connectivity index (χ0n) is 15.7. The molecule has 1 aliphatic rings. The van der Waals surface area contributed by atoms with Gasteiger partial charge in [-0.15, -0.1) is 31.7 Å². The minimum atomic E-state index is 0. The molecular weight excluding hydrogens is 427 g/mol. The normalized spacial score (nSPS) is 15.6. The van der Waals surface area contributed by atoms with Gasteiger partial charge in [0.2, 0.25) is 0 Å². The Morgan fingerprint density at radius 1 is 1.16 bits per heavy atom. The third-order valence-electron chi connectivity index (χ3n) is 3.73. The van der Waals surface area contributed by atoms with E-state index in [4.69, 9.17) is 11.6 Å². The average Bonchev–Trinajstić information content (AvgIpc) is 2.66. The van der Waals surface area contributed by atoms with Gasteiger partial charge < -0.3 is 5.11 Å². The Bertz CT molecular complexity index is 587. The van der Waals surface area contributed by atoms with Gasteiger partial charge >= 0.3 is 24.8 Å². The summed E-state index contributed by atoms with van der Waals surface area (Å²) >= 11 is 7.55. The first-order valence-electron chi connectivity index (χ1n) is 7.40. The first kappa shape index (κ1) is 29.9. The standard InChI is InChI=1S/C10H13ClO.C8H10Si.CH2.2ClH.Ti/c1-10(2,3)7-4-8(11)6-9(12)5-7;1-5-4-8(9)7(3)6(5)2;;;;/h4-6,12H,1-3H3;5H,1-3H3;1H2;2*1H;/q;-1;;;;+1. The first-order valence-corrected chi connectivity index (χ1v) is 9.39. The Morgan fingerprint density at radius 2 is 1.64 bits per heavy atom. The van der Waals surface area contributed by atoms with E-state index >= 15 is 0 Å². The van der Waals surface area contributed by atoms with Crippen molar-refractivity contribution in [1.29, 1.82) is 0 Å². The number of rotatable bonds is 0. The monoisotopic (exact) mass is 452 g/mol. The molecule has 1 unspecified atom stereocenters. The van der Waals surface area contributed by atoms with E-state index in [1.54, 1.807) is 26.0 Å². The van der Waals surface area contributed by atoms with Crippen LogP contribution in [0.2, 0.25) is 5.02 Å². The first-order chi connectivity index (χ1) is 10.5. The van der Waals surface area contributed by atoms with Crippen LogP contribution in [0.4, 0.5) is 0 Å². The fourth-order valence-electron chi connectivity index (χ4n) is 1.96. The van der Waals surface area contributed by atoms with Crippen molar-refractivity contribution in [3.63, 3.8) is 0 Å². The molecule has 0 saturated heterocycles. The van der Waals surface area contributed by atoms with Crippen molar-refractivity contribution >= 4 is 51.5 Å². The Morgan fingerprint density at radius 3 is 1.88 bits per heavy atom. The molecule has 138 valence electrons. The van der Waals surface area contributed by atoms with E-state index in [1.165, 1.54) is 17.2 Å². The van der Waals surface area contributed by atoms with Crippen LogP contribution >= 0.6 is 36.4 Å². The van der Waals surface area contributed by atoms with Crippen LogP contribution in [0, 0.1) is 12.0 Å². The maximum absolute atomic E-state index is 9.27. The van der Waals surface area contributed by atoms with Crippen molar-refractivity contribution in [2.75, 3.05) is 0 Å². The van der Waals surface area contributed by atoms with Crippen molar-refractivity contribution in [1.82, 2.24) is 0 Å².